The molecule has 0 atom stereocenters. The first-order valence-corrected chi connectivity index (χ1v) is 8.65. The molecule has 0 fully saturated rings. The Kier molecular flexibility index (Phi) is 3.43. The van der Waals surface area contributed by atoms with Crippen LogP contribution < -0.4 is 5.32 Å². The maximum Gasteiger partial charge on any atom is 0.158 e. The highest BCUT2D eigenvalue weighted by molar-refractivity contribution is 6.04. The number of hydrogen-bond donors (Lipinski definition) is 2. The van der Waals surface area contributed by atoms with Crippen LogP contribution in [0, 0.1) is 0 Å². The third-order valence-corrected chi connectivity index (χ3v) is 4.84. The van der Waals surface area contributed by atoms with E-state index in [1.807, 2.05) is 42.2 Å². The van der Waals surface area contributed by atoms with Gasteiger partial charge < -0.3 is 10.5 Å². The standard InChI is InChI=1S/C19H17N7O/c1-25-11-13(9-21-25)18-19(23-17-10-20-6-7-26(17)18)22-14-3-4-15-12(8-14)2-5-16(15)24-27/h3-4,6-11,22,27H,2,5H2,1H3/b24-16-. The van der Waals surface area contributed by atoms with Gasteiger partial charge in [0.2, 0.25) is 0 Å². The molecule has 3 heterocycles. The number of rotatable bonds is 3. The molecule has 134 valence electrons. The van der Waals surface area contributed by atoms with Gasteiger partial charge in [-0.3, -0.25) is 14.1 Å². The fraction of sp³-hybridized carbons (Fsp3) is 0.158. The lowest BCUT2D eigenvalue weighted by Crippen LogP contribution is -1.97. The molecule has 1 aliphatic rings. The first kappa shape index (κ1) is 15.6. The Balaban J connectivity index is 1.60. The van der Waals surface area contributed by atoms with Crippen molar-refractivity contribution in [3.05, 3.63) is 60.3 Å². The smallest absolute Gasteiger partial charge is 0.158 e. The molecular formula is C19H17N7O. The minimum atomic E-state index is 0.741. The van der Waals surface area contributed by atoms with Crippen molar-refractivity contribution in [2.24, 2.45) is 12.2 Å². The minimum Gasteiger partial charge on any atom is -0.411 e. The quantitative estimate of drug-likeness (QED) is 0.433. The van der Waals surface area contributed by atoms with Gasteiger partial charge in [-0.05, 0) is 30.5 Å². The highest BCUT2D eigenvalue weighted by Gasteiger charge is 2.20. The number of nitrogens with one attached hydrogen (secondary N) is 1. The zero-order valence-electron chi connectivity index (χ0n) is 14.7. The molecule has 5 rings (SSSR count). The van der Waals surface area contributed by atoms with E-state index in [1.165, 1.54) is 5.56 Å². The molecule has 4 aromatic rings. The Labute approximate surface area is 154 Å². The lowest BCUT2D eigenvalue weighted by Gasteiger charge is -2.08. The van der Waals surface area contributed by atoms with Crippen molar-refractivity contribution in [3.63, 3.8) is 0 Å². The number of aryl methyl sites for hydroxylation is 2. The largest absolute Gasteiger partial charge is 0.411 e. The Hall–Kier alpha value is -3.68. The third kappa shape index (κ3) is 2.53. The van der Waals surface area contributed by atoms with Crippen LogP contribution >= 0.6 is 0 Å². The third-order valence-electron chi connectivity index (χ3n) is 4.84. The number of fused-ring (bicyclic) bond motifs is 2. The molecule has 1 aromatic carbocycles. The summed E-state index contributed by atoms with van der Waals surface area (Å²) in [6.45, 7) is 0. The van der Waals surface area contributed by atoms with Crippen molar-refractivity contribution >= 4 is 22.9 Å². The van der Waals surface area contributed by atoms with Gasteiger partial charge in [0.25, 0.3) is 0 Å². The fourth-order valence-corrected chi connectivity index (χ4v) is 3.60. The summed E-state index contributed by atoms with van der Waals surface area (Å²) in [6.07, 6.45) is 10.8. The van der Waals surface area contributed by atoms with Gasteiger partial charge in [-0.2, -0.15) is 5.10 Å². The van der Waals surface area contributed by atoms with E-state index in [4.69, 9.17) is 10.2 Å². The Morgan fingerprint density at radius 2 is 2.15 bits per heavy atom. The molecule has 1 aliphatic carbocycles. The number of hydrogen-bond acceptors (Lipinski definition) is 6. The topological polar surface area (TPSA) is 92.6 Å². The van der Waals surface area contributed by atoms with E-state index in [2.05, 4.69) is 26.6 Å². The molecule has 27 heavy (non-hydrogen) atoms. The predicted molar refractivity (Wildman–Crippen MR) is 102 cm³/mol. The first-order chi connectivity index (χ1) is 13.2. The molecule has 0 aliphatic heterocycles. The second-order valence-corrected chi connectivity index (χ2v) is 6.56. The van der Waals surface area contributed by atoms with Gasteiger partial charge in [0.05, 0.1) is 18.1 Å². The number of aromatic nitrogens is 5. The van der Waals surface area contributed by atoms with Gasteiger partial charge in [-0.1, -0.05) is 11.2 Å². The van der Waals surface area contributed by atoms with Crippen molar-refractivity contribution in [1.82, 2.24) is 24.1 Å². The molecular weight excluding hydrogens is 342 g/mol. The summed E-state index contributed by atoms with van der Waals surface area (Å²) >= 11 is 0. The summed E-state index contributed by atoms with van der Waals surface area (Å²) in [5.74, 6) is 0.741. The van der Waals surface area contributed by atoms with E-state index in [0.717, 1.165) is 52.5 Å². The molecule has 0 bridgehead atoms. The lowest BCUT2D eigenvalue weighted by molar-refractivity contribution is 0.318. The number of imidazole rings is 1. The fourth-order valence-electron chi connectivity index (χ4n) is 3.60. The molecule has 3 aromatic heterocycles. The summed E-state index contributed by atoms with van der Waals surface area (Å²) in [6, 6.07) is 6.05. The van der Waals surface area contributed by atoms with Gasteiger partial charge in [-0.15, -0.1) is 0 Å². The predicted octanol–water partition coefficient (Wildman–Crippen LogP) is 3.00. The molecule has 8 nitrogen and oxygen atoms in total. The van der Waals surface area contributed by atoms with Gasteiger partial charge in [0.15, 0.2) is 11.5 Å². The number of nitrogens with zero attached hydrogens (tertiary/aromatic N) is 6. The summed E-state index contributed by atoms with van der Waals surface area (Å²) in [7, 11) is 1.89. The number of benzene rings is 1. The Bertz CT molecular complexity index is 1190. The van der Waals surface area contributed by atoms with E-state index >= 15 is 0 Å². The van der Waals surface area contributed by atoms with Crippen LogP contribution in [-0.2, 0) is 13.5 Å². The monoisotopic (exact) mass is 359 g/mol. The maximum absolute atomic E-state index is 9.11. The zero-order chi connectivity index (χ0) is 18.4. The van der Waals surface area contributed by atoms with E-state index < -0.39 is 0 Å². The lowest BCUT2D eigenvalue weighted by atomic mass is 10.1. The molecule has 8 heteroatoms. The number of oxime groups is 1. The van der Waals surface area contributed by atoms with Crippen LogP contribution in [0.5, 0.6) is 0 Å². The molecule has 0 radical (unpaired) electrons. The highest BCUT2D eigenvalue weighted by Crippen LogP contribution is 2.32. The normalized spacial score (nSPS) is 14.8. The summed E-state index contributed by atoms with van der Waals surface area (Å²) in [5, 5.41) is 20.2. The van der Waals surface area contributed by atoms with E-state index in [0.29, 0.717) is 0 Å². The van der Waals surface area contributed by atoms with Crippen LogP contribution in [0.25, 0.3) is 16.9 Å². The average molecular weight is 359 g/mol. The van der Waals surface area contributed by atoms with E-state index in [-0.39, 0.29) is 0 Å². The molecule has 2 N–H and O–H groups in total. The molecule has 0 saturated carbocycles. The average Bonchev–Trinajstić information content (AvgIpc) is 3.37. The SMILES string of the molecule is Cn1cc(-c2c(Nc3ccc4c(c3)CC/C4=N/O)nc3cnccn23)cn1. The first-order valence-electron chi connectivity index (χ1n) is 8.65. The van der Waals surface area contributed by atoms with Crippen LogP contribution in [0.3, 0.4) is 0 Å². The Morgan fingerprint density at radius 3 is 2.96 bits per heavy atom. The molecule has 0 saturated heterocycles. The van der Waals surface area contributed by atoms with Crippen molar-refractivity contribution in [2.45, 2.75) is 12.8 Å². The van der Waals surface area contributed by atoms with Crippen molar-refractivity contribution < 1.29 is 5.21 Å². The van der Waals surface area contributed by atoms with Gasteiger partial charge in [0.1, 0.15) is 5.69 Å². The van der Waals surface area contributed by atoms with Crippen molar-refractivity contribution in [2.75, 3.05) is 5.32 Å². The van der Waals surface area contributed by atoms with Crippen LogP contribution in [0.2, 0.25) is 0 Å². The van der Waals surface area contributed by atoms with Crippen molar-refractivity contribution in [1.29, 1.82) is 0 Å². The van der Waals surface area contributed by atoms with Crippen molar-refractivity contribution in [3.8, 4) is 11.3 Å². The van der Waals surface area contributed by atoms with Gasteiger partial charge in [-0.25, -0.2) is 4.98 Å². The summed E-state index contributed by atoms with van der Waals surface area (Å²) < 4.78 is 3.76. The maximum atomic E-state index is 9.11. The van der Waals surface area contributed by atoms with E-state index in [1.54, 1.807) is 17.1 Å². The van der Waals surface area contributed by atoms with Gasteiger partial charge in [0, 0.05) is 42.5 Å². The Morgan fingerprint density at radius 1 is 1.22 bits per heavy atom. The van der Waals surface area contributed by atoms with E-state index in [9.17, 15) is 0 Å². The second kappa shape index (κ2) is 5.94. The highest BCUT2D eigenvalue weighted by atomic mass is 16.4. The molecule has 0 amide bonds. The molecule has 0 unspecified atom stereocenters. The molecule has 0 spiro atoms. The summed E-state index contributed by atoms with van der Waals surface area (Å²) in [5.41, 5.74) is 6.51. The summed E-state index contributed by atoms with van der Waals surface area (Å²) in [4.78, 5) is 8.88. The minimum absolute atomic E-state index is 0.741. The van der Waals surface area contributed by atoms with Gasteiger partial charge >= 0.3 is 0 Å². The van der Waals surface area contributed by atoms with Crippen LogP contribution in [0.1, 0.15) is 17.5 Å². The second-order valence-electron chi connectivity index (χ2n) is 6.56. The van der Waals surface area contributed by atoms with Crippen LogP contribution in [-0.4, -0.2) is 35.1 Å². The number of anilines is 2. The zero-order valence-corrected chi connectivity index (χ0v) is 14.7. The van der Waals surface area contributed by atoms with Crippen LogP contribution in [0.4, 0.5) is 11.5 Å². The van der Waals surface area contributed by atoms with Crippen LogP contribution in [0.15, 0.2) is 54.3 Å².